The lowest BCUT2D eigenvalue weighted by Gasteiger charge is -2.24. The van der Waals surface area contributed by atoms with Crippen LogP contribution < -0.4 is 11.1 Å². The average Bonchev–Trinajstić information content (AvgIpc) is 2.63. The van der Waals surface area contributed by atoms with Gasteiger partial charge in [-0.3, -0.25) is 4.79 Å². The van der Waals surface area contributed by atoms with Crippen LogP contribution in [0.25, 0.3) is 0 Å². The molecule has 0 radical (unpaired) electrons. The molecule has 1 rings (SSSR count). The Hall–Kier alpha value is -1.30. The highest BCUT2D eigenvalue weighted by Gasteiger charge is 2.29. The van der Waals surface area contributed by atoms with E-state index in [1.54, 1.807) is 0 Å². The molecule has 1 aliphatic rings. The lowest BCUT2D eigenvalue weighted by molar-refractivity contribution is -0.128. The molecular weight excluding hydrogens is 246 g/mol. The third-order valence-corrected chi connectivity index (χ3v) is 2.97. The van der Waals surface area contributed by atoms with Gasteiger partial charge in [0.1, 0.15) is 5.60 Å². The van der Waals surface area contributed by atoms with Gasteiger partial charge in [-0.15, -0.1) is 0 Å². The maximum atomic E-state index is 11.6. The fourth-order valence-corrected chi connectivity index (χ4v) is 2.10. The summed E-state index contributed by atoms with van der Waals surface area (Å²) in [5.41, 5.74) is 5.14. The molecule has 6 heteroatoms. The zero-order valence-corrected chi connectivity index (χ0v) is 12.1. The zero-order chi connectivity index (χ0) is 14.5. The minimum atomic E-state index is -0.486. The van der Waals surface area contributed by atoms with Crippen molar-refractivity contribution in [2.75, 3.05) is 19.6 Å². The maximum Gasteiger partial charge on any atom is 0.407 e. The Kier molecular flexibility index (Phi) is 5.60. The molecule has 19 heavy (non-hydrogen) atoms. The van der Waals surface area contributed by atoms with E-state index in [0.717, 1.165) is 6.42 Å². The lowest BCUT2D eigenvalue weighted by Crippen LogP contribution is -2.40. The van der Waals surface area contributed by atoms with Crippen molar-refractivity contribution in [2.24, 2.45) is 5.73 Å². The van der Waals surface area contributed by atoms with E-state index in [0.29, 0.717) is 32.5 Å². The van der Waals surface area contributed by atoms with E-state index < -0.39 is 11.7 Å². The molecule has 1 aliphatic heterocycles. The molecule has 0 unspecified atom stereocenters. The highest BCUT2D eigenvalue weighted by molar-refractivity contribution is 5.78. The summed E-state index contributed by atoms with van der Waals surface area (Å²) in [5, 5.41) is 2.68. The SMILES string of the molecule is CC(C)(C)OC(=O)NCCCN1C(=O)CC[C@@H]1CN. The van der Waals surface area contributed by atoms with Crippen molar-refractivity contribution in [1.29, 1.82) is 0 Å². The summed E-state index contributed by atoms with van der Waals surface area (Å²) >= 11 is 0. The van der Waals surface area contributed by atoms with Gasteiger partial charge >= 0.3 is 6.09 Å². The summed E-state index contributed by atoms with van der Waals surface area (Å²) in [6.45, 7) is 7.10. The van der Waals surface area contributed by atoms with Crippen LogP contribution in [-0.2, 0) is 9.53 Å². The standard InChI is InChI=1S/C13H25N3O3/c1-13(2,3)19-12(18)15-7-4-8-16-10(9-14)5-6-11(16)17/h10H,4-9,14H2,1-3H3,(H,15,18)/t10-/m1/s1. The van der Waals surface area contributed by atoms with E-state index in [4.69, 9.17) is 10.5 Å². The van der Waals surface area contributed by atoms with Gasteiger partial charge in [-0.2, -0.15) is 0 Å². The quantitative estimate of drug-likeness (QED) is 0.726. The number of amides is 2. The Balaban J connectivity index is 2.20. The molecule has 3 N–H and O–H groups in total. The van der Waals surface area contributed by atoms with Crippen LogP contribution in [-0.4, -0.2) is 48.2 Å². The first-order valence-corrected chi connectivity index (χ1v) is 6.80. The van der Waals surface area contributed by atoms with Crippen LogP contribution in [0.3, 0.4) is 0 Å². The number of alkyl carbamates (subject to hydrolysis) is 1. The van der Waals surface area contributed by atoms with E-state index in [1.165, 1.54) is 0 Å². The predicted molar refractivity (Wildman–Crippen MR) is 72.6 cm³/mol. The highest BCUT2D eigenvalue weighted by atomic mass is 16.6. The number of rotatable bonds is 5. The van der Waals surface area contributed by atoms with E-state index in [1.807, 2.05) is 25.7 Å². The normalized spacial score (nSPS) is 19.7. The number of hydrogen-bond acceptors (Lipinski definition) is 4. The molecule has 1 heterocycles. The monoisotopic (exact) mass is 271 g/mol. The van der Waals surface area contributed by atoms with E-state index in [2.05, 4.69) is 5.32 Å². The lowest BCUT2D eigenvalue weighted by atomic mass is 10.2. The molecule has 0 aromatic heterocycles. The van der Waals surface area contributed by atoms with Gasteiger partial charge in [0.25, 0.3) is 0 Å². The summed E-state index contributed by atoms with van der Waals surface area (Å²) in [6.07, 6.45) is 1.72. The van der Waals surface area contributed by atoms with Gasteiger partial charge < -0.3 is 20.7 Å². The number of nitrogens with two attached hydrogens (primary N) is 1. The molecule has 0 aromatic carbocycles. The second-order valence-electron chi connectivity index (χ2n) is 5.80. The maximum absolute atomic E-state index is 11.6. The molecule has 110 valence electrons. The molecule has 0 bridgehead atoms. The van der Waals surface area contributed by atoms with Crippen molar-refractivity contribution >= 4 is 12.0 Å². The number of ether oxygens (including phenoxy) is 1. The summed E-state index contributed by atoms with van der Waals surface area (Å²) < 4.78 is 5.12. The largest absolute Gasteiger partial charge is 0.444 e. The molecule has 1 fully saturated rings. The van der Waals surface area contributed by atoms with Gasteiger partial charge in [-0.1, -0.05) is 0 Å². The number of nitrogens with zero attached hydrogens (tertiary/aromatic N) is 1. The molecule has 0 aromatic rings. The summed E-state index contributed by atoms with van der Waals surface area (Å²) in [7, 11) is 0. The van der Waals surface area contributed by atoms with Gasteiger partial charge in [0, 0.05) is 32.1 Å². The van der Waals surface area contributed by atoms with Gasteiger partial charge in [-0.25, -0.2) is 4.79 Å². The van der Waals surface area contributed by atoms with E-state index in [-0.39, 0.29) is 11.9 Å². The second kappa shape index (κ2) is 6.75. The fourth-order valence-electron chi connectivity index (χ4n) is 2.10. The Labute approximate surface area is 114 Å². The number of nitrogens with one attached hydrogen (secondary N) is 1. The van der Waals surface area contributed by atoms with Crippen molar-refractivity contribution in [1.82, 2.24) is 10.2 Å². The molecule has 0 spiro atoms. The Morgan fingerprint density at radius 1 is 1.53 bits per heavy atom. The molecular formula is C13H25N3O3. The summed E-state index contributed by atoms with van der Waals surface area (Å²) in [6, 6.07) is 0.161. The van der Waals surface area contributed by atoms with Crippen LogP contribution in [0.15, 0.2) is 0 Å². The van der Waals surface area contributed by atoms with E-state index in [9.17, 15) is 9.59 Å². The van der Waals surface area contributed by atoms with Gasteiger partial charge in [0.2, 0.25) is 5.91 Å². The third-order valence-electron chi connectivity index (χ3n) is 2.97. The van der Waals surface area contributed by atoms with Crippen LogP contribution in [0.1, 0.15) is 40.0 Å². The summed E-state index contributed by atoms with van der Waals surface area (Å²) in [4.78, 5) is 24.8. The Morgan fingerprint density at radius 2 is 2.21 bits per heavy atom. The van der Waals surface area contributed by atoms with Crippen molar-refractivity contribution < 1.29 is 14.3 Å². The smallest absolute Gasteiger partial charge is 0.407 e. The van der Waals surface area contributed by atoms with Crippen LogP contribution >= 0.6 is 0 Å². The van der Waals surface area contributed by atoms with Crippen LogP contribution in [0, 0.1) is 0 Å². The second-order valence-corrected chi connectivity index (χ2v) is 5.80. The van der Waals surface area contributed by atoms with Crippen molar-refractivity contribution in [2.45, 2.75) is 51.7 Å². The highest BCUT2D eigenvalue weighted by Crippen LogP contribution is 2.17. The molecule has 1 atom stereocenters. The topological polar surface area (TPSA) is 84.7 Å². The van der Waals surface area contributed by atoms with Crippen molar-refractivity contribution in [3.63, 3.8) is 0 Å². The zero-order valence-electron chi connectivity index (χ0n) is 12.1. The van der Waals surface area contributed by atoms with Crippen LogP contribution in [0.5, 0.6) is 0 Å². The first-order chi connectivity index (χ1) is 8.83. The van der Waals surface area contributed by atoms with Crippen LogP contribution in [0.4, 0.5) is 4.79 Å². The minimum absolute atomic E-state index is 0.160. The van der Waals surface area contributed by atoms with E-state index >= 15 is 0 Å². The van der Waals surface area contributed by atoms with Gasteiger partial charge in [-0.05, 0) is 33.6 Å². The molecule has 0 saturated carbocycles. The van der Waals surface area contributed by atoms with Gasteiger partial charge in [0.05, 0.1) is 0 Å². The van der Waals surface area contributed by atoms with Crippen LogP contribution in [0.2, 0.25) is 0 Å². The van der Waals surface area contributed by atoms with Crippen molar-refractivity contribution in [3.05, 3.63) is 0 Å². The number of hydrogen-bond donors (Lipinski definition) is 2. The summed E-state index contributed by atoms with van der Waals surface area (Å²) in [5.74, 6) is 0.160. The average molecular weight is 271 g/mol. The fraction of sp³-hybridized carbons (Fsp3) is 0.846. The first-order valence-electron chi connectivity index (χ1n) is 6.80. The molecule has 0 aliphatic carbocycles. The number of carbonyl (C=O) groups is 2. The van der Waals surface area contributed by atoms with Crippen molar-refractivity contribution in [3.8, 4) is 0 Å². The molecule has 1 saturated heterocycles. The first kappa shape index (κ1) is 15.8. The predicted octanol–water partition coefficient (Wildman–Crippen LogP) is 0.851. The number of likely N-dealkylation sites (tertiary alicyclic amines) is 1. The van der Waals surface area contributed by atoms with Gasteiger partial charge in [0.15, 0.2) is 0 Å². The number of carbonyl (C=O) groups excluding carboxylic acids is 2. The molecule has 6 nitrogen and oxygen atoms in total. The Morgan fingerprint density at radius 3 is 2.79 bits per heavy atom. The third kappa shape index (κ3) is 5.46. The minimum Gasteiger partial charge on any atom is -0.444 e. The molecule has 2 amide bonds. The Bertz CT molecular complexity index is 326.